The summed E-state index contributed by atoms with van der Waals surface area (Å²) < 4.78 is 6.68. The maximum atomic E-state index is 12.5. The Bertz CT molecular complexity index is 1160. The van der Waals surface area contributed by atoms with Crippen molar-refractivity contribution in [3.8, 4) is 5.75 Å². The summed E-state index contributed by atoms with van der Waals surface area (Å²) >= 11 is 11.5. The van der Waals surface area contributed by atoms with E-state index in [2.05, 4.69) is 64.7 Å². The number of thioether (sulfide) groups is 1. The average molecular weight is 544 g/mol. The largest absolute Gasteiger partial charge is 0.486 e. The van der Waals surface area contributed by atoms with Gasteiger partial charge in [0.1, 0.15) is 6.61 Å². The maximum Gasteiger partial charge on any atom is 0.260 e. The third-order valence-electron chi connectivity index (χ3n) is 5.21. The van der Waals surface area contributed by atoms with Gasteiger partial charge in [0.2, 0.25) is 0 Å². The van der Waals surface area contributed by atoms with E-state index in [1.807, 2.05) is 42.5 Å². The number of carbonyl (C=O) groups excluding carboxylic acids is 1. The molecule has 0 spiro atoms. The van der Waals surface area contributed by atoms with Crippen LogP contribution in [0, 0.1) is 6.92 Å². The zero-order chi connectivity index (χ0) is 23.4. The maximum absolute atomic E-state index is 12.5. The Kier molecular flexibility index (Phi) is 7.68. The van der Waals surface area contributed by atoms with Crippen LogP contribution in [0.2, 0.25) is 5.02 Å². The van der Waals surface area contributed by atoms with Crippen molar-refractivity contribution in [2.45, 2.75) is 32.4 Å². The Morgan fingerprint density at radius 2 is 1.82 bits per heavy atom. The topological polar surface area (TPSA) is 50.4 Å². The standard InChI is InChI=1S/C26H24BrClN2O2S/c1-3-17-8-10-20(11-9-17)29-26-30-25(31)23(33-26)14-19-12-21(27)24(22(28)13-19)32-15-18-6-4-16(2)5-7-18/h4-14,26,29H,3,15H2,1-2H3,(H,30,31)/b23-14-/t26-/m0/s1. The van der Waals surface area contributed by atoms with E-state index in [0.717, 1.165) is 27.7 Å². The summed E-state index contributed by atoms with van der Waals surface area (Å²) in [4.78, 5) is 13.1. The fraction of sp³-hybridized carbons (Fsp3) is 0.192. The number of carbonyl (C=O) groups is 1. The molecule has 4 nitrogen and oxygen atoms in total. The van der Waals surface area contributed by atoms with Crippen LogP contribution in [-0.4, -0.2) is 11.4 Å². The van der Waals surface area contributed by atoms with E-state index in [-0.39, 0.29) is 11.4 Å². The van der Waals surface area contributed by atoms with Gasteiger partial charge in [-0.2, -0.15) is 0 Å². The molecule has 0 bridgehead atoms. The minimum absolute atomic E-state index is 0.116. The van der Waals surface area contributed by atoms with Crippen LogP contribution in [0.5, 0.6) is 5.75 Å². The van der Waals surface area contributed by atoms with Crippen LogP contribution in [0.3, 0.4) is 0 Å². The van der Waals surface area contributed by atoms with Gasteiger partial charge in [0.05, 0.1) is 14.4 Å². The molecule has 1 aliphatic rings. The number of halogens is 2. The van der Waals surface area contributed by atoms with E-state index < -0.39 is 0 Å². The Morgan fingerprint density at radius 3 is 2.48 bits per heavy atom. The molecular weight excluding hydrogens is 520 g/mol. The van der Waals surface area contributed by atoms with Gasteiger partial charge in [-0.1, -0.05) is 72.2 Å². The number of hydrogen-bond acceptors (Lipinski definition) is 4. The van der Waals surface area contributed by atoms with Crippen LogP contribution in [0.15, 0.2) is 70.0 Å². The van der Waals surface area contributed by atoms with Crippen molar-refractivity contribution in [2.24, 2.45) is 0 Å². The normalized spacial score (nSPS) is 16.7. The highest BCUT2D eigenvalue weighted by Gasteiger charge is 2.27. The molecule has 1 fully saturated rings. The minimum atomic E-state index is -0.229. The Labute approximate surface area is 211 Å². The van der Waals surface area contributed by atoms with Gasteiger partial charge in [0.25, 0.3) is 5.91 Å². The molecular formula is C26H24BrClN2O2S. The molecule has 4 rings (SSSR count). The summed E-state index contributed by atoms with van der Waals surface area (Å²) in [7, 11) is 0. The van der Waals surface area contributed by atoms with Gasteiger partial charge in [-0.15, -0.1) is 0 Å². The van der Waals surface area contributed by atoms with Crippen molar-refractivity contribution in [1.29, 1.82) is 0 Å². The molecule has 0 saturated carbocycles. The first kappa shape index (κ1) is 23.7. The molecule has 0 aliphatic carbocycles. The van der Waals surface area contributed by atoms with Gasteiger partial charge in [-0.25, -0.2) is 0 Å². The quantitative estimate of drug-likeness (QED) is 0.311. The first-order valence-corrected chi connectivity index (χ1v) is 12.7. The van der Waals surface area contributed by atoms with E-state index in [9.17, 15) is 4.79 Å². The van der Waals surface area contributed by atoms with E-state index in [1.54, 1.807) is 0 Å². The Morgan fingerprint density at radius 1 is 1.12 bits per heavy atom. The van der Waals surface area contributed by atoms with Crippen LogP contribution in [-0.2, 0) is 17.8 Å². The second-order valence-corrected chi connectivity index (χ2v) is 10.2. The molecule has 1 saturated heterocycles. The number of nitrogens with one attached hydrogen (secondary N) is 2. The molecule has 170 valence electrons. The average Bonchev–Trinajstić information content (AvgIpc) is 3.13. The van der Waals surface area contributed by atoms with Gasteiger partial charge in [-0.3, -0.25) is 4.79 Å². The van der Waals surface area contributed by atoms with Gasteiger partial charge in [0.15, 0.2) is 11.2 Å². The minimum Gasteiger partial charge on any atom is -0.486 e. The van der Waals surface area contributed by atoms with E-state index >= 15 is 0 Å². The predicted molar refractivity (Wildman–Crippen MR) is 142 cm³/mol. The van der Waals surface area contributed by atoms with Crippen LogP contribution in [0.1, 0.15) is 29.2 Å². The van der Waals surface area contributed by atoms with Crippen molar-refractivity contribution in [3.05, 3.63) is 97.3 Å². The lowest BCUT2D eigenvalue weighted by Crippen LogP contribution is -2.30. The number of anilines is 1. The molecule has 1 heterocycles. The van der Waals surface area contributed by atoms with Gasteiger partial charge < -0.3 is 15.4 Å². The highest BCUT2D eigenvalue weighted by Crippen LogP contribution is 2.37. The predicted octanol–water partition coefficient (Wildman–Crippen LogP) is 7.15. The summed E-state index contributed by atoms with van der Waals surface area (Å²) in [5.74, 6) is 0.465. The fourth-order valence-electron chi connectivity index (χ4n) is 3.35. The third-order valence-corrected chi connectivity index (χ3v) is 7.11. The number of aryl methyl sites for hydroxylation is 2. The monoisotopic (exact) mass is 542 g/mol. The lowest BCUT2D eigenvalue weighted by atomic mass is 10.1. The van der Waals surface area contributed by atoms with Gasteiger partial charge >= 0.3 is 0 Å². The van der Waals surface area contributed by atoms with Crippen molar-refractivity contribution in [3.63, 3.8) is 0 Å². The number of ether oxygens (including phenoxy) is 1. The van der Waals surface area contributed by atoms with Crippen LogP contribution >= 0.6 is 39.3 Å². The Balaban J connectivity index is 1.43. The lowest BCUT2D eigenvalue weighted by molar-refractivity contribution is -0.116. The molecule has 7 heteroatoms. The van der Waals surface area contributed by atoms with Crippen molar-refractivity contribution >= 4 is 57.0 Å². The number of amides is 1. The molecule has 0 unspecified atom stereocenters. The van der Waals surface area contributed by atoms with Crippen molar-refractivity contribution in [1.82, 2.24) is 5.32 Å². The van der Waals surface area contributed by atoms with E-state index in [1.165, 1.54) is 22.9 Å². The second-order valence-electron chi connectivity index (χ2n) is 7.76. The van der Waals surface area contributed by atoms with Crippen LogP contribution in [0.4, 0.5) is 5.69 Å². The zero-order valence-electron chi connectivity index (χ0n) is 18.3. The summed E-state index contributed by atoms with van der Waals surface area (Å²) in [6, 6.07) is 20.1. The van der Waals surface area contributed by atoms with Crippen molar-refractivity contribution in [2.75, 3.05) is 5.32 Å². The molecule has 1 atom stereocenters. The van der Waals surface area contributed by atoms with Crippen LogP contribution in [0.25, 0.3) is 6.08 Å². The summed E-state index contributed by atoms with van der Waals surface area (Å²) in [6.45, 7) is 4.60. The van der Waals surface area contributed by atoms with E-state index in [0.29, 0.717) is 22.3 Å². The fourth-order valence-corrected chi connectivity index (χ4v) is 5.32. The number of rotatable bonds is 7. The summed E-state index contributed by atoms with van der Waals surface area (Å²) in [6.07, 6.45) is 2.83. The summed E-state index contributed by atoms with van der Waals surface area (Å²) in [5, 5.41) is 6.78. The van der Waals surface area contributed by atoms with E-state index in [4.69, 9.17) is 16.3 Å². The molecule has 1 amide bonds. The molecule has 2 N–H and O–H groups in total. The third kappa shape index (κ3) is 6.14. The first-order chi connectivity index (χ1) is 15.9. The molecule has 1 aliphatic heterocycles. The van der Waals surface area contributed by atoms with Crippen LogP contribution < -0.4 is 15.4 Å². The summed E-state index contributed by atoms with van der Waals surface area (Å²) in [5.41, 5.74) is 5.10. The number of benzene rings is 3. The van der Waals surface area contributed by atoms with Crippen molar-refractivity contribution < 1.29 is 9.53 Å². The second kappa shape index (κ2) is 10.7. The first-order valence-electron chi connectivity index (χ1n) is 10.6. The van der Waals surface area contributed by atoms with Gasteiger partial charge in [-0.05, 0) is 76.3 Å². The molecule has 33 heavy (non-hydrogen) atoms. The smallest absolute Gasteiger partial charge is 0.260 e. The molecule has 3 aromatic rings. The Hall–Kier alpha value is -2.41. The SMILES string of the molecule is CCc1ccc(N[C@H]2NC(=O)/C(=C/c3cc(Cl)c(OCc4ccc(C)cc4)c(Br)c3)S2)cc1. The highest BCUT2D eigenvalue weighted by atomic mass is 79.9. The van der Waals surface area contributed by atoms with Gasteiger partial charge in [0, 0.05) is 5.69 Å². The lowest BCUT2D eigenvalue weighted by Gasteiger charge is -2.13. The molecule has 0 radical (unpaired) electrons. The number of hydrogen-bond donors (Lipinski definition) is 2. The highest BCUT2D eigenvalue weighted by molar-refractivity contribution is 9.10. The zero-order valence-corrected chi connectivity index (χ0v) is 21.5. The molecule has 3 aromatic carbocycles. The molecule has 0 aromatic heterocycles.